The lowest BCUT2D eigenvalue weighted by molar-refractivity contribution is 0.452. The molecule has 2 rings (SSSR count). The second kappa shape index (κ2) is 10.4. The van der Waals surface area contributed by atoms with Crippen LogP contribution in [0.15, 0.2) is 23.2 Å². The van der Waals surface area contributed by atoms with E-state index in [2.05, 4.69) is 15.6 Å². The van der Waals surface area contributed by atoms with Gasteiger partial charge in [0.25, 0.3) is 0 Å². The molecule has 1 aliphatic rings. The minimum atomic E-state index is -3.09. The summed E-state index contributed by atoms with van der Waals surface area (Å²) in [6, 6.07) is 5.04. The third kappa shape index (κ3) is 6.34. The Labute approximate surface area is 172 Å². The molecule has 0 aromatic heterocycles. The minimum Gasteiger partial charge on any atom is -0.357 e. The second-order valence-electron chi connectivity index (χ2n) is 6.20. The number of guanidine groups is 1. The van der Waals surface area contributed by atoms with E-state index in [0.29, 0.717) is 44.1 Å². The standard InChI is InChI=1S/C17H27FN4O2S.HI/c1-4-19-17(20-8-10-22-9-5-11-25(22,23)24)21-14(3)15-7-6-13(2)16(18)12-15;/h6-7,12,14H,4-5,8-11H2,1-3H3,(H2,19,20,21);1H. The van der Waals surface area contributed by atoms with E-state index in [-0.39, 0.29) is 41.6 Å². The molecule has 9 heteroatoms. The van der Waals surface area contributed by atoms with Gasteiger partial charge >= 0.3 is 0 Å². The molecule has 148 valence electrons. The van der Waals surface area contributed by atoms with E-state index in [9.17, 15) is 12.8 Å². The third-order valence-corrected chi connectivity index (χ3v) is 6.17. The van der Waals surface area contributed by atoms with E-state index in [0.717, 1.165) is 5.56 Å². The van der Waals surface area contributed by atoms with Gasteiger partial charge in [-0.3, -0.25) is 4.99 Å². The van der Waals surface area contributed by atoms with Crippen LogP contribution in [0.1, 0.15) is 37.4 Å². The highest BCUT2D eigenvalue weighted by Gasteiger charge is 2.27. The van der Waals surface area contributed by atoms with E-state index in [1.807, 2.05) is 19.9 Å². The van der Waals surface area contributed by atoms with Gasteiger partial charge in [0.15, 0.2) is 5.96 Å². The lowest BCUT2D eigenvalue weighted by Crippen LogP contribution is -2.39. The van der Waals surface area contributed by atoms with Crippen LogP contribution >= 0.6 is 24.0 Å². The third-order valence-electron chi connectivity index (χ3n) is 4.22. The van der Waals surface area contributed by atoms with Crippen molar-refractivity contribution in [3.8, 4) is 0 Å². The highest BCUT2D eigenvalue weighted by molar-refractivity contribution is 14.0. The van der Waals surface area contributed by atoms with Crippen LogP contribution in [-0.2, 0) is 10.0 Å². The van der Waals surface area contributed by atoms with E-state index in [4.69, 9.17) is 0 Å². The first-order chi connectivity index (χ1) is 11.8. The molecule has 6 nitrogen and oxygen atoms in total. The molecule has 1 heterocycles. The van der Waals surface area contributed by atoms with Crippen LogP contribution in [0.25, 0.3) is 0 Å². The molecule has 0 spiro atoms. The molecule has 26 heavy (non-hydrogen) atoms. The summed E-state index contributed by atoms with van der Waals surface area (Å²) in [5.74, 6) is 0.588. The van der Waals surface area contributed by atoms with Crippen LogP contribution in [0, 0.1) is 12.7 Å². The average Bonchev–Trinajstić information content (AvgIpc) is 2.89. The van der Waals surface area contributed by atoms with Gasteiger partial charge in [0.05, 0.1) is 18.3 Å². The monoisotopic (exact) mass is 498 g/mol. The van der Waals surface area contributed by atoms with Crippen molar-refractivity contribution in [2.75, 3.05) is 31.9 Å². The molecule has 0 amide bonds. The summed E-state index contributed by atoms with van der Waals surface area (Å²) in [4.78, 5) is 4.44. The fraction of sp³-hybridized carbons (Fsp3) is 0.588. The lowest BCUT2D eigenvalue weighted by Gasteiger charge is -2.19. The smallest absolute Gasteiger partial charge is 0.214 e. The largest absolute Gasteiger partial charge is 0.357 e. The van der Waals surface area contributed by atoms with Gasteiger partial charge in [0.1, 0.15) is 5.82 Å². The first kappa shape index (κ1) is 23.1. The van der Waals surface area contributed by atoms with Gasteiger partial charge < -0.3 is 10.6 Å². The second-order valence-corrected chi connectivity index (χ2v) is 8.29. The topological polar surface area (TPSA) is 73.8 Å². The van der Waals surface area contributed by atoms with Gasteiger partial charge in [0, 0.05) is 19.6 Å². The number of aryl methyl sites for hydroxylation is 1. The maximum atomic E-state index is 13.7. The number of benzene rings is 1. The zero-order chi connectivity index (χ0) is 18.4. The number of hydrogen-bond donors (Lipinski definition) is 2. The zero-order valence-corrected chi connectivity index (χ0v) is 18.6. The molecule has 0 aliphatic carbocycles. The number of hydrogen-bond acceptors (Lipinski definition) is 3. The molecule has 1 aliphatic heterocycles. The van der Waals surface area contributed by atoms with Crippen LogP contribution in [-0.4, -0.2) is 50.6 Å². The molecule has 0 radical (unpaired) electrons. The number of halogens is 2. The summed E-state index contributed by atoms with van der Waals surface area (Å²) in [5, 5.41) is 6.36. The Bertz CT molecular complexity index is 727. The highest BCUT2D eigenvalue weighted by Crippen LogP contribution is 2.16. The SMILES string of the molecule is CCNC(=NCCN1CCCS1(=O)=O)NC(C)c1ccc(C)c(F)c1.I. The first-order valence-corrected chi connectivity index (χ1v) is 10.2. The van der Waals surface area contributed by atoms with Gasteiger partial charge in [-0.1, -0.05) is 12.1 Å². The molecule has 1 fully saturated rings. The van der Waals surface area contributed by atoms with E-state index in [1.54, 1.807) is 13.0 Å². The van der Waals surface area contributed by atoms with Crippen molar-refractivity contribution in [1.29, 1.82) is 0 Å². The zero-order valence-electron chi connectivity index (χ0n) is 15.5. The van der Waals surface area contributed by atoms with Crippen molar-refractivity contribution in [1.82, 2.24) is 14.9 Å². The van der Waals surface area contributed by atoms with Gasteiger partial charge in [0.2, 0.25) is 10.0 Å². The first-order valence-electron chi connectivity index (χ1n) is 8.62. The normalized spacial score (nSPS) is 18.2. The molecular formula is C17H28FIN4O2S. The summed E-state index contributed by atoms with van der Waals surface area (Å²) in [6.45, 7) is 7.63. The molecule has 1 atom stereocenters. The fourth-order valence-corrected chi connectivity index (χ4v) is 4.22. The predicted molar refractivity (Wildman–Crippen MR) is 114 cm³/mol. The summed E-state index contributed by atoms with van der Waals surface area (Å²) < 4.78 is 38.8. The van der Waals surface area contributed by atoms with Gasteiger partial charge in [-0.15, -0.1) is 24.0 Å². The Hall–Kier alpha value is -0.940. The number of nitrogens with one attached hydrogen (secondary N) is 2. The van der Waals surface area contributed by atoms with Gasteiger partial charge in [-0.05, 0) is 44.4 Å². The number of aliphatic imine (C=N–C) groups is 1. The number of rotatable bonds is 6. The Morgan fingerprint density at radius 2 is 2.15 bits per heavy atom. The molecular weight excluding hydrogens is 470 g/mol. The van der Waals surface area contributed by atoms with Crippen molar-refractivity contribution in [3.05, 3.63) is 35.1 Å². The van der Waals surface area contributed by atoms with Crippen LogP contribution in [0.5, 0.6) is 0 Å². The molecule has 0 saturated carbocycles. The summed E-state index contributed by atoms with van der Waals surface area (Å²) in [5.41, 5.74) is 1.44. The lowest BCUT2D eigenvalue weighted by atomic mass is 10.1. The molecule has 1 unspecified atom stereocenters. The quantitative estimate of drug-likeness (QED) is 0.359. The number of nitrogens with zero attached hydrogens (tertiary/aromatic N) is 2. The van der Waals surface area contributed by atoms with Crippen molar-refractivity contribution in [2.45, 2.75) is 33.2 Å². The Morgan fingerprint density at radius 1 is 1.42 bits per heavy atom. The summed E-state index contributed by atoms with van der Waals surface area (Å²) in [7, 11) is -3.09. The Morgan fingerprint density at radius 3 is 2.73 bits per heavy atom. The van der Waals surface area contributed by atoms with Crippen molar-refractivity contribution < 1.29 is 12.8 Å². The van der Waals surface area contributed by atoms with Crippen LogP contribution in [0.4, 0.5) is 4.39 Å². The van der Waals surface area contributed by atoms with Crippen LogP contribution in [0.2, 0.25) is 0 Å². The Kier molecular flexibility index (Phi) is 9.25. The highest BCUT2D eigenvalue weighted by atomic mass is 127. The predicted octanol–water partition coefficient (Wildman–Crippen LogP) is 2.40. The minimum absolute atomic E-state index is 0. The Balaban J connectivity index is 0.00000338. The molecule has 1 aromatic rings. The van der Waals surface area contributed by atoms with Gasteiger partial charge in [-0.2, -0.15) is 0 Å². The van der Waals surface area contributed by atoms with Gasteiger partial charge in [-0.25, -0.2) is 17.1 Å². The molecule has 1 saturated heterocycles. The van der Waals surface area contributed by atoms with Crippen molar-refractivity contribution >= 4 is 40.0 Å². The van der Waals surface area contributed by atoms with E-state index in [1.165, 1.54) is 10.4 Å². The molecule has 1 aromatic carbocycles. The maximum absolute atomic E-state index is 13.7. The number of sulfonamides is 1. The fourth-order valence-electron chi connectivity index (χ4n) is 2.70. The summed E-state index contributed by atoms with van der Waals surface area (Å²) in [6.07, 6.45) is 0.681. The molecule has 2 N–H and O–H groups in total. The summed E-state index contributed by atoms with van der Waals surface area (Å²) >= 11 is 0. The van der Waals surface area contributed by atoms with E-state index >= 15 is 0 Å². The maximum Gasteiger partial charge on any atom is 0.214 e. The van der Waals surface area contributed by atoms with E-state index < -0.39 is 10.0 Å². The molecule has 0 bridgehead atoms. The van der Waals surface area contributed by atoms with Crippen LogP contribution in [0.3, 0.4) is 0 Å². The average molecular weight is 498 g/mol. The van der Waals surface area contributed by atoms with Crippen LogP contribution < -0.4 is 10.6 Å². The van der Waals surface area contributed by atoms with Crippen molar-refractivity contribution in [2.24, 2.45) is 4.99 Å². The van der Waals surface area contributed by atoms with Crippen molar-refractivity contribution in [3.63, 3.8) is 0 Å².